The third-order valence-electron chi connectivity index (χ3n) is 5.26. The molecule has 1 aromatic heterocycles. The summed E-state index contributed by atoms with van der Waals surface area (Å²) in [6.07, 6.45) is 0. The van der Waals surface area contributed by atoms with Crippen LogP contribution in [0, 0.1) is 13.8 Å². The Hall–Kier alpha value is -3.44. The first-order chi connectivity index (χ1) is 15.4. The first kappa shape index (κ1) is 21.8. The summed E-state index contributed by atoms with van der Waals surface area (Å²) in [5.74, 6) is 1.53. The van der Waals surface area contributed by atoms with Crippen molar-refractivity contribution in [2.75, 3.05) is 14.2 Å². The highest BCUT2D eigenvalue weighted by Gasteiger charge is 2.21. The predicted molar refractivity (Wildman–Crippen MR) is 126 cm³/mol. The fourth-order valence-corrected chi connectivity index (χ4v) is 3.89. The molecule has 0 saturated heterocycles. The van der Waals surface area contributed by atoms with Gasteiger partial charge in [-0.2, -0.15) is 0 Å². The molecule has 32 heavy (non-hydrogen) atoms. The van der Waals surface area contributed by atoms with E-state index in [1.807, 2.05) is 44.2 Å². The largest absolute Gasteiger partial charge is 0.493 e. The van der Waals surface area contributed by atoms with Crippen LogP contribution < -0.4 is 19.6 Å². The third kappa shape index (κ3) is 4.04. The summed E-state index contributed by atoms with van der Waals surface area (Å²) in [5.41, 5.74) is 3.53. The molecule has 0 saturated carbocycles. The van der Waals surface area contributed by atoms with Crippen LogP contribution in [0.25, 0.3) is 22.3 Å². The van der Waals surface area contributed by atoms with Crippen molar-refractivity contribution in [2.24, 2.45) is 0 Å². The Morgan fingerprint density at radius 1 is 0.938 bits per heavy atom. The minimum absolute atomic E-state index is 0.120. The van der Waals surface area contributed by atoms with Crippen LogP contribution in [0.4, 0.5) is 0 Å². The Bertz CT molecular complexity index is 1360. The van der Waals surface area contributed by atoms with E-state index in [9.17, 15) is 4.79 Å². The van der Waals surface area contributed by atoms with Crippen LogP contribution >= 0.6 is 11.6 Å². The van der Waals surface area contributed by atoms with Gasteiger partial charge in [0.15, 0.2) is 17.3 Å². The van der Waals surface area contributed by atoms with Crippen molar-refractivity contribution in [1.29, 1.82) is 0 Å². The molecular formula is C26H23ClO5. The summed E-state index contributed by atoms with van der Waals surface area (Å²) in [7, 11) is 3.12. The van der Waals surface area contributed by atoms with Crippen LogP contribution in [-0.2, 0) is 6.61 Å². The lowest BCUT2D eigenvalue weighted by Crippen LogP contribution is -2.11. The highest BCUT2D eigenvalue weighted by atomic mass is 35.5. The highest BCUT2D eigenvalue weighted by Crippen LogP contribution is 2.37. The van der Waals surface area contributed by atoms with E-state index in [1.54, 1.807) is 38.5 Å². The quantitative estimate of drug-likeness (QED) is 0.343. The Morgan fingerprint density at radius 2 is 1.69 bits per heavy atom. The van der Waals surface area contributed by atoms with Crippen molar-refractivity contribution in [3.05, 3.63) is 86.5 Å². The van der Waals surface area contributed by atoms with Crippen LogP contribution in [-0.4, -0.2) is 14.2 Å². The van der Waals surface area contributed by atoms with E-state index in [1.165, 1.54) is 0 Å². The molecule has 0 fully saturated rings. The standard InChI is InChI=1S/C26H23ClO5/c1-15-11-16(2)24-19(12-15)23(28)26(31-14-18-7-5-6-8-20(18)27)25(32-24)17-9-10-21(29-3)22(13-17)30-4/h5-13H,14H2,1-4H3. The Morgan fingerprint density at radius 3 is 2.41 bits per heavy atom. The molecule has 0 atom stereocenters. The number of fused-ring (bicyclic) bond motifs is 1. The average Bonchev–Trinajstić information content (AvgIpc) is 2.79. The van der Waals surface area contributed by atoms with Gasteiger partial charge in [0, 0.05) is 16.1 Å². The zero-order chi connectivity index (χ0) is 22.8. The highest BCUT2D eigenvalue weighted by molar-refractivity contribution is 6.31. The molecule has 0 aliphatic rings. The minimum Gasteiger partial charge on any atom is -0.493 e. The van der Waals surface area contributed by atoms with E-state index < -0.39 is 0 Å². The van der Waals surface area contributed by atoms with Gasteiger partial charge in [-0.05, 0) is 55.3 Å². The molecule has 4 rings (SSSR count). The first-order valence-electron chi connectivity index (χ1n) is 10.1. The summed E-state index contributed by atoms with van der Waals surface area (Å²) >= 11 is 6.28. The zero-order valence-electron chi connectivity index (χ0n) is 18.3. The number of hydrogen-bond donors (Lipinski definition) is 0. The topological polar surface area (TPSA) is 57.9 Å². The van der Waals surface area contributed by atoms with Gasteiger partial charge in [-0.15, -0.1) is 0 Å². The van der Waals surface area contributed by atoms with E-state index in [4.69, 9.17) is 30.2 Å². The number of rotatable bonds is 6. The number of benzene rings is 3. The number of aryl methyl sites for hydroxylation is 2. The van der Waals surface area contributed by atoms with E-state index in [0.717, 1.165) is 16.7 Å². The van der Waals surface area contributed by atoms with Crippen molar-refractivity contribution >= 4 is 22.6 Å². The van der Waals surface area contributed by atoms with Gasteiger partial charge in [0.25, 0.3) is 0 Å². The van der Waals surface area contributed by atoms with Gasteiger partial charge < -0.3 is 18.6 Å². The van der Waals surface area contributed by atoms with Gasteiger partial charge in [0.1, 0.15) is 12.2 Å². The predicted octanol–water partition coefficient (Wildman–Crippen LogP) is 6.33. The molecular weight excluding hydrogens is 428 g/mol. The van der Waals surface area contributed by atoms with E-state index in [0.29, 0.717) is 38.8 Å². The molecule has 4 aromatic rings. The van der Waals surface area contributed by atoms with Crippen LogP contribution in [0.2, 0.25) is 5.02 Å². The van der Waals surface area contributed by atoms with Crippen molar-refractivity contribution in [3.8, 4) is 28.6 Å². The Kier molecular flexibility index (Phi) is 6.10. The summed E-state index contributed by atoms with van der Waals surface area (Å²) < 4.78 is 23.1. The number of hydrogen-bond acceptors (Lipinski definition) is 5. The second kappa shape index (κ2) is 8.97. The Balaban J connectivity index is 1.93. The maximum absolute atomic E-state index is 13.5. The van der Waals surface area contributed by atoms with Crippen molar-refractivity contribution < 1.29 is 18.6 Å². The number of ether oxygens (including phenoxy) is 3. The summed E-state index contributed by atoms with van der Waals surface area (Å²) in [6, 6.07) is 16.5. The Labute approximate surface area is 191 Å². The third-order valence-corrected chi connectivity index (χ3v) is 5.62. The molecule has 0 spiro atoms. The number of halogens is 1. The zero-order valence-corrected chi connectivity index (χ0v) is 19.1. The lowest BCUT2D eigenvalue weighted by atomic mass is 10.0. The van der Waals surface area contributed by atoms with Gasteiger partial charge in [-0.25, -0.2) is 0 Å². The maximum atomic E-state index is 13.5. The smallest absolute Gasteiger partial charge is 0.235 e. The average molecular weight is 451 g/mol. The first-order valence-corrected chi connectivity index (χ1v) is 10.5. The molecule has 164 valence electrons. The van der Waals surface area contributed by atoms with Gasteiger partial charge in [-0.3, -0.25) is 4.79 Å². The normalized spacial score (nSPS) is 10.9. The monoisotopic (exact) mass is 450 g/mol. The maximum Gasteiger partial charge on any atom is 0.235 e. The van der Waals surface area contributed by atoms with Crippen LogP contribution in [0.5, 0.6) is 17.2 Å². The molecule has 0 N–H and O–H groups in total. The second-order valence-electron chi connectivity index (χ2n) is 7.50. The molecule has 0 amide bonds. The molecule has 0 radical (unpaired) electrons. The molecule has 0 aliphatic carbocycles. The molecule has 0 aliphatic heterocycles. The van der Waals surface area contributed by atoms with E-state index in [-0.39, 0.29) is 17.8 Å². The van der Waals surface area contributed by atoms with Crippen LogP contribution in [0.15, 0.2) is 63.8 Å². The lowest BCUT2D eigenvalue weighted by Gasteiger charge is -2.15. The molecule has 5 nitrogen and oxygen atoms in total. The summed E-state index contributed by atoms with van der Waals surface area (Å²) in [4.78, 5) is 13.5. The molecule has 1 heterocycles. The van der Waals surface area contributed by atoms with E-state index >= 15 is 0 Å². The van der Waals surface area contributed by atoms with Crippen molar-refractivity contribution in [2.45, 2.75) is 20.5 Å². The van der Waals surface area contributed by atoms with Gasteiger partial charge >= 0.3 is 0 Å². The number of methoxy groups -OCH3 is 2. The fraction of sp³-hybridized carbons (Fsp3) is 0.192. The van der Waals surface area contributed by atoms with Gasteiger partial charge in [-0.1, -0.05) is 35.9 Å². The van der Waals surface area contributed by atoms with Gasteiger partial charge in [0.2, 0.25) is 11.2 Å². The lowest BCUT2D eigenvalue weighted by molar-refractivity contribution is 0.298. The van der Waals surface area contributed by atoms with Crippen molar-refractivity contribution in [3.63, 3.8) is 0 Å². The fourth-order valence-electron chi connectivity index (χ4n) is 3.70. The minimum atomic E-state index is -0.241. The van der Waals surface area contributed by atoms with Crippen LogP contribution in [0.1, 0.15) is 16.7 Å². The molecule has 0 unspecified atom stereocenters. The van der Waals surface area contributed by atoms with E-state index in [2.05, 4.69) is 0 Å². The van der Waals surface area contributed by atoms with Crippen molar-refractivity contribution in [1.82, 2.24) is 0 Å². The molecule has 3 aromatic carbocycles. The second-order valence-corrected chi connectivity index (χ2v) is 7.90. The summed E-state index contributed by atoms with van der Waals surface area (Å²) in [6.45, 7) is 3.99. The van der Waals surface area contributed by atoms with Gasteiger partial charge in [0.05, 0.1) is 19.6 Å². The summed E-state index contributed by atoms with van der Waals surface area (Å²) in [5, 5.41) is 1.04. The molecule has 6 heteroatoms. The van der Waals surface area contributed by atoms with Crippen LogP contribution in [0.3, 0.4) is 0 Å². The molecule has 0 bridgehead atoms. The SMILES string of the molecule is COc1ccc(-c2oc3c(C)cc(C)cc3c(=O)c2OCc2ccccc2Cl)cc1OC.